The molecule has 0 unspecified atom stereocenters. The summed E-state index contributed by atoms with van der Waals surface area (Å²) in [4.78, 5) is 2.17. The van der Waals surface area contributed by atoms with Gasteiger partial charge in [-0.25, -0.2) is 0 Å². The Kier molecular flexibility index (Phi) is 5.21. The van der Waals surface area contributed by atoms with Crippen LogP contribution >= 0.6 is 0 Å². The van der Waals surface area contributed by atoms with Crippen molar-refractivity contribution in [3.63, 3.8) is 0 Å². The van der Waals surface area contributed by atoms with Crippen LogP contribution in [-0.2, 0) is 13.1 Å². The molecule has 4 heteroatoms. The van der Waals surface area contributed by atoms with Crippen LogP contribution in [0.5, 0.6) is 5.75 Å². The van der Waals surface area contributed by atoms with Crippen molar-refractivity contribution in [3.05, 3.63) is 53.5 Å². The van der Waals surface area contributed by atoms with Crippen LogP contribution in [0.4, 0.5) is 0 Å². The molecule has 2 aromatic rings. The summed E-state index contributed by atoms with van der Waals surface area (Å²) in [5.74, 6) is 2.80. The van der Waals surface area contributed by atoms with E-state index >= 15 is 0 Å². The van der Waals surface area contributed by atoms with Gasteiger partial charge in [0.2, 0.25) is 0 Å². The zero-order valence-corrected chi connectivity index (χ0v) is 12.1. The van der Waals surface area contributed by atoms with Crippen molar-refractivity contribution < 1.29 is 9.15 Å². The highest BCUT2D eigenvalue weighted by Crippen LogP contribution is 2.13. The first-order valence-electron chi connectivity index (χ1n) is 6.83. The quantitative estimate of drug-likeness (QED) is 0.843. The van der Waals surface area contributed by atoms with E-state index in [1.807, 2.05) is 43.3 Å². The van der Waals surface area contributed by atoms with E-state index in [-0.39, 0.29) is 0 Å². The Hall–Kier alpha value is -1.78. The molecular formula is C16H22N2O2. The third kappa shape index (κ3) is 4.40. The summed E-state index contributed by atoms with van der Waals surface area (Å²) in [6.45, 7) is 4.77. The molecule has 4 nitrogen and oxygen atoms in total. The average molecular weight is 274 g/mol. The van der Waals surface area contributed by atoms with Gasteiger partial charge >= 0.3 is 0 Å². The predicted molar refractivity (Wildman–Crippen MR) is 79.6 cm³/mol. The SMILES string of the molecule is Cc1ccc(CN(C)CCOc2cccc(CN)c2)o1. The number of aryl methyl sites for hydroxylation is 1. The molecule has 0 saturated carbocycles. The van der Waals surface area contributed by atoms with Gasteiger partial charge < -0.3 is 14.9 Å². The topological polar surface area (TPSA) is 51.6 Å². The van der Waals surface area contributed by atoms with Gasteiger partial charge in [0.15, 0.2) is 0 Å². The van der Waals surface area contributed by atoms with Crippen LogP contribution in [-0.4, -0.2) is 25.1 Å². The van der Waals surface area contributed by atoms with Gasteiger partial charge in [-0.1, -0.05) is 12.1 Å². The molecule has 108 valence electrons. The number of nitrogens with zero attached hydrogens (tertiary/aromatic N) is 1. The number of nitrogens with two attached hydrogens (primary N) is 1. The molecule has 0 radical (unpaired) electrons. The van der Waals surface area contributed by atoms with Crippen LogP contribution in [0.3, 0.4) is 0 Å². The lowest BCUT2D eigenvalue weighted by Crippen LogP contribution is -2.23. The molecule has 0 aliphatic carbocycles. The second-order valence-electron chi connectivity index (χ2n) is 4.95. The maximum Gasteiger partial charge on any atom is 0.119 e. The molecule has 1 aromatic carbocycles. The Labute approximate surface area is 120 Å². The van der Waals surface area contributed by atoms with Crippen molar-refractivity contribution >= 4 is 0 Å². The van der Waals surface area contributed by atoms with Crippen molar-refractivity contribution in [2.45, 2.75) is 20.0 Å². The van der Waals surface area contributed by atoms with E-state index in [2.05, 4.69) is 11.9 Å². The molecule has 0 saturated heterocycles. The van der Waals surface area contributed by atoms with Crippen molar-refractivity contribution in [2.24, 2.45) is 5.73 Å². The number of furan rings is 1. The number of hydrogen-bond acceptors (Lipinski definition) is 4. The molecule has 20 heavy (non-hydrogen) atoms. The molecule has 0 aliphatic heterocycles. The average Bonchev–Trinajstić information content (AvgIpc) is 2.84. The number of benzene rings is 1. The molecule has 1 heterocycles. The molecule has 1 aromatic heterocycles. The lowest BCUT2D eigenvalue weighted by molar-refractivity contribution is 0.221. The van der Waals surface area contributed by atoms with E-state index < -0.39 is 0 Å². The zero-order valence-electron chi connectivity index (χ0n) is 12.1. The minimum atomic E-state index is 0.537. The first kappa shape index (κ1) is 14.6. The first-order chi connectivity index (χ1) is 9.67. The van der Waals surface area contributed by atoms with Gasteiger partial charge in [-0.2, -0.15) is 0 Å². The van der Waals surface area contributed by atoms with Crippen LogP contribution in [0.25, 0.3) is 0 Å². The smallest absolute Gasteiger partial charge is 0.119 e. The highest BCUT2D eigenvalue weighted by molar-refractivity contribution is 5.28. The third-order valence-corrected chi connectivity index (χ3v) is 3.10. The van der Waals surface area contributed by atoms with Crippen LogP contribution in [0.1, 0.15) is 17.1 Å². The lowest BCUT2D eigenvalue weighted by atomic mass is 10.2. The van der Waals surface area contributed by atoms with Crippen molar-refractivity contribution in [1.82, 2.24) is 4.90 Å². The molecular weight excluding hydrogens is 252 g/mol. The van der Waals surface area contributed by atoms with Crippen molar-refractivity contribution in [1.29, 1.82) is 0 Å². The van der Waals surface area contributed by atoms with Crippen LogP contribution < -0.4 is 10.5 Å². The van der Waals surface area contributed by atoms with Gasteiger partial charge in [0.05, 0.1) is 6.54 Å². The van der Waals surface area contributed by atoms with E-state index in [1.165, 1.54) is 0 Å². The number of hydrogen-bond donors (Lipinski definition) is 1. The molecule has 0 atom stereocenters. The van der Waals surface area contributed by atoms with Crippen LogP contribution in [0.2, 0.25) is 0 Å². The van der Waals surface area contributed by atoms with E-state index in [0.29, 0.717) is 13.2 Å². The summed E-state index contributed by atoms with van der Waals surface area (Å²) in [6.07, 6.45) is 0. The monoisotopic (exact) mass is 274 g/mol. The van der Waals surface area contributed by atoms with Gasteiger partial charge in [-0.15, -0.1) is 0 Å². The standard InChI is InChI=1S/C16H22N2O2/c1-13-6-7-16(20-13)12-18(2)8-9-19-15-5-3-4-14(10-15)11-17/h3-7,10H,8-9,11-12,17H2,1-2H3. The van der Waals surface area contributed by atoms with Crippen LogP contribution in [0, 0.1) is 6.92 Å². The second kappa shape index (κ2) is 7.12. The van der Waals surface area contributed by atoms with Crippen LogP contribution in [0.15, 0.2) is 40.8 Å². The molecule has 0 bridgehead atoms. The minimum Gasteiger partial charge on any atom is -0.492 e. The predicted octanol–water partition coefficient (Wildman–Crippen LogP) is 2.56. The minimum absolute atomic E-state index is 0.537. The highest BCUT2D eigenvalue weighted by atomic mass is 16.5. The third-order valence-electron chi connectivity index (χ3n) is 3.10. The number of likely N-dealkylation sites (N-methyl/N-ethyl adjacent to an activating group) is 1. The van der Waals surface area contributed by atoms with E-state index in [4.69, 9.17) is 14.9 Å². The Balaban J connectivity index is 1.74. The van der Waals surface area contributed by atoms with Gasteiger partial charge in [0.25, 0.3) is 0 Å². The number of rotatable bonds is 7. The molecule has 2 N–H and O–H groups in total. The molecule has 0 spiro atoms. The van der Waals surface area contributed by atoms with E-state index in [9.17, 15) is 0 Å². The fourth-order valence-corrected chi connectivity index (χ4v) is 2.00. The van der Waals surface area contributed by atoms with E-state index in [0.717, 1.165) is 35.9 Å². The maximum atomic E-state index is 5.73. The van der Waals surface area contributed by atoms with Crippen molar-refractivity contribution in [3.8, 4) is 5.75 Å². The Bertz CT molecular complexity index is 537. The molecule has 0 fully saturated rings. The Morgan fingerprint density at radius 2 is 2.10 bits per heavy atom. The van der Waals surface area contributed by atoms with E-state index in [1.54, 1.807) is 0 Å². The molecule has 0 aliphatic rings. The summed E-state index contributed by atoms with van der Waals surface area (Å²) in [7, 11) is 2.05. The lowest BCUT2D eigenvalue weighted by Gasteiger charge is -2.15. The molecule has 0 amide bonds. The second-order valence-corrected chi connectivity index (χ2v) is 4.95. The fraction of sp³-hybridized carbons (Fsp3) is 0.375. The largest absolute Gasteiger partial charge is 0.492 e. The van der Waals surface area contributed by atoms with Gasteiger partial charge in [0.1, 0.15) is 23.9 Å². The summed E-state index contributed by atoms with van der Waals surface area (Å²) in [5, 5.41) is 0. The molecule has 2 rings (SSSR count). The normalized spacial score (nSPS) is 11.0. The Morgan fingerprint density at radius 1 is 1.25 bits per heavy atom. The van der Waals surface area contributed by atoms with Crippen molar-refractivity contribution in [2.75, 3.05) is 20.2 Å². The Morgan fingerprint density at radius 3 is 2.80 bits per heavy atom. The fourth-order valence-electron chi connectivity index (χ4n) is 2.00. The van der Waals surface area contributed by atoms with Gasteiger partial charge in [-0.3, -0.25) is 4.90 Å². The summed E-state index contributed by atoms with van der Waals surface area (Å²) < 4.78 is 11.3. The van der Waals surface area contributed by atoms with Gasteiger partial charge in [-0.05, 0) is 43.8 Å². The summed E-state index contributed by atoms with van der Waals surface area (Å²) in [6, 6.07) is 11.9. The maximum absolute atomic E-state index is 5.73. The summed E-state index contributed by atoms with van der Waals surface area (Å²) >= 11 is 0. The van der Waals surface area contributed by atoms with Gasteiger partial charge in [0, 0.05) is 13.1 Å². The first-order valence-corrected chi connectivity index (χ1v) is 6.83. The zero-order chi connectivity index (χ0) is 14.4. The summed E-state index contributed by atoms with van der Waals surface area (Å²) in [5.41, 5.74) is 6.69. The number of ether oxygens (including phenoxy) is 1. The highest BCUT2D eigenvalue weighted by Gasteiger charge is 2.04.